The van der Waals surface area contributed by atoms with E-state index >= 15 is 0 Å². The minimum Gasteiger partial charge on any atom is -0.465 e. The first-order chi connectivity index (χ1) is 8.08. The van der Waals surface area contributed by atoms with Crippen molar-refractivity contribution in [2.24, 2.45) is 0 Å². The van der Waals surface area contributed by atoms with Gasteiger partial charge in [0.2, 0.25) is 5.13 Å². The zero-order chi connectivity index (χ0) is 12.8. The van der Waals surface area contributed by atoms with Crippen LogP contribution in [0.1, 0.15) is 20.3 Å². The van der Waals surface area contributed by atoms with Crippen LogP contribution >= 0.6 is 23.1 Å². The minimum atomic E-state index is -0.196. The highest BCUT2D eigenvalue weighted by atomic mass is 32.2. The van der Waals surface area contributed by atoms with E-state index in [1.54, 1.807) is 0 Å². The van der Waals surface area contributed by atoms with E-state index in [2.05, 4.69) is 10.2 Å². The Morgan fingerprint density at radius 2 is 2.18 bits per heavy atom. The summed E-state index contributed by atoms with van der Waals surface area (Å²) < 4.78 is 5.81. The van der Waals surface area contributed by atoms with E-state index in [-0.39, 0.29) is 11.2 Å². The zero-order valence-electron chi connectivity index (χ0n) is 10.5. The van der Waals surface area contributed by atoms with Crippen LogP contribution in [0.5, 0.6) is 0 Å². The summed E-state index contributed by atoms with van der Waals surface area (Å²) in [6, 6.07) is 0. The molecular weight excluding hydrogens is 258 g/mol. The highest BCUT2D eigenvalue weighted by Gasteiger charge is 2.21. The standard InChI is InChI=1S/C10H17N3O2S2/c1-5-7(8(14)15-6-2)16-10-12-11-9(17-10)13(3)4/h7H,5-6H2,1-4H3. The normalized spacial score (nSPS) is 12.2. The first-order valence-corrected chi connectivity index (χ1v) is 7.12. The van der Waals surface area contributed by atoms with Crippen molar-refractivity contribution >= 4 is 34.2 Å². The summed E-state index contributed by atoms with van der Waals surface area (Å²) in [5.41, 5.74) is 0. The molecule has 0 N–H and O–H groups in total. The van der Waals surface area contributed by atoms with Gasteiger partial charge in [0.15, 0.2) is 4.34 Å². The van der Waals surface area contributed by atoms with Gasteiger partial charge in [0.05, 0.1) is 6.61 Å². The Morgan fingerprint density at radius 1 is 1.47 bits per heavy atom. The molecule has 0 radical (unpaired) electrons. The van der Waals surface area contributed by atoms with Gasteiger partial charge in [-0.15, -0.1) is 10.2 Å². The number of esters is 1. The van der Waals surface area contributed by atoms with Crippen molar-refractivity contribution < 1.29 is 9.53 Å². The van der Waals surface area contributed by atoms with Crippen LogP contribution in [0.15, 0.2) is 4.34 Å². The third kappa shape index (κ3) is 4.16. The lowest BCUT2D eigenvalue weighted by molar-refractivity contribution is -0.142. The van der Waals surface area contributed by atoms with Gasteiger partial charge in [0.1, 0.15) is 5.25 Å². The van der Waals surface area contributed by atoms with Crippen LogP contribution in [-0.4, -0.2) is 42.1 Å². The lowest BCUT2D eigenvalue weighted by Gasteiger charge is -2.10. The molecule has 0 aliphatic carbocycles. The molecule has 1 heterocycles. The van der Waals surface area contributed by atoms with Gasteiger partial charge in [-0.1, -0.05) is 30.0 Å². The van der Waals surface area contributed by atoms with Gasteiger partial charge in [-0.2, -0.15) is 0 Å². The van der Waals surface area contributed by atoms with Gasteiger partial charge in [-0.05, 0) is 13.3 Å². The summed E-state index contributed by atoms with van der Waals surface area (Å²) in [6.45, 7) is 4.18. The molecule has 1 rings (SSSR count). The number of anilines is 1. The Hall–Kier alpha value is -0.820. The number of hydrogen-bond donors (Lipinski definition) is 0. The maximum Gasteiger partial charge on any atom is 0.319 e. The molecule has 0 saturated heterocycles. The number of nitrogens with zero attached hydrogens (tertiary/aromatic N) is 3. The summed E-state index contributed by atoms with van der Waals surface area (Å²) in [4.78, 5) is 13.5. The van der Waals surface area contributed by atoms with Gasteiger partial charge in [-0.25, -0.2) is 0 Å². The predicted molar refractivity (Wildman–Crippen MR) is 70.8 cm³/mol. The monoisotopic (exact) mass is 275 g/mol. The fourth-order valence-corrected chi connectivity index (χ4v) is 3.01. The Bertz CT molecular complexity index is 368. The number of aromatic nitrogens is 2. The van der Waals surface area contributed by atoms with Crippen molar-refractivity contribution in [1.29, 1.82) is 0 Å². The second kappa shape index (κ2) is 6.80. The van der Waals surface area contributed by atoms with Crippen LogP contribution < -0.4 is 4.90 Å². The number of rotatable bonds is 6. The third-order valence-electron chi connectivity index (χ3n) is 1.94. The summed E-state index contributed by atoms with van der Waals surface area (Å²) in [5.74, 6) is -0.179. The predicted octanol–water partition coefficient (Wildman–Crippen LogP) is 2.04. The molecule has 7 heteroatoms. The summed E-state index contributed by atoms with van der Waals surface area (Å²) >= 11 is 2.90. The summed E-state index contributed by atoms with van der Waals surface area (Å²) in [7, 11) is 3.83. The average molecular weight is 275 g/mol. The molecule has 0 amide bonds. The van der Waals surface area contributed by atoms with Crippen LogP contribution in [0.2, 0.25) is 0 Å². The fourth-order valence-electron chi connectivity index (χ4n) is 1.09. The van der Waals surface area contributed by atoms with E-state index < -0.39 is 0 Å². The zero-order valence-corrected chi connectivity index (χ0v) is 12.1. The average Bonchev–Trinajstić information content (AvgIpc) is 2.74. The van der Waals surface area contributed by atoms with E-state index in [4.69, 9.17) is 4.74 Å². The molecule has 0 fully saturated rings. The smallest absolute Gasteiger partial charge is 0.319 e. The van der Waals surface area contributed by atoms with Crippen LogP contribution in [0.25, 0.3) is 0 Å². The molecule has 0 aromatic carbocycles. The van der Waals surface area contributed by atoms with Crippen LogP contribution in [0.3, 0.4) is 0 Å². The fraction of sp³-hybridized carbons (Fsp3) is 0.700. The molecule has 0 aliphatic rings. The highest BCUT2D eigenvalue weighted by Crippen LogP contribution is 2.31. The summed E-state index contributed by atoms with van der Waals surface area (Å²) in [5, 5.41) is 8.72. The maximum atomic E-state index is 11.6. The van der Waals surface area contributed by atoms with Gasteiger partial charge in [0, 0.05) is 14.1 Å². The molecule has 1 aromatic rings. The second-order valence-corrected chi connectivity index (χ2v) is 5.92. The van der Waals surface area contributed by atoms with Crippen LogP contribution in [0, 0.1) is 0 Å². The topological polar surface area (TPSA) is 55.3 Å². The largest absolute Gasteiger partial charge is 0.465 e. The molecule has 0 spiro atoms. The number of hydrogen-bond acceptors (Lipinski definition) is 7. The SMILES string of the molecule is CCOC(=O)C(CC)Sc1nnc(N(C)C)s1. The van der Waals surface area contributed by atoms with Crippen molar-refractivity contribution in [2.45, 2.75) is 29.9 Å². The highest BCUT2D eigenvalue weighted by molar-refractivity contribution is 8.02. The molecule has 0 bridgehead atoms. The lowest BCUT2D eigenvalue weighted by atomic mass is 10.3. The quantitative estimate of drug-likeness (QED) is 0.585. The Kier molecular flexibility index (Phi) is 5.70. The van der Waals surface area contributed by atoms with E-state index in [9.17, 15) is 4.79 Å². The van der Waals surface area contributed by atoms with Gasteiger partial charge in [-0.3, -0.25) is 4.79 Å². The minimum absolute atomic E-state index is 0.179. The maximum absolute atomic E-state index is 11.6. The van der Waals surface area contributed by atoms with Crippen molar-refractivity contribution in [3.63, 3.8) is 0 Å². The molecule has 1 unspecified atom stereocenters. The molecule has 0 aliphatic heterocycles. The van der Waals surface area contributed by atoms with Gasteiger partial charge >= 0.3 is 5.97 Å². The Labute approximate surface area is 110 Å². The van der Waals surface area contributed by atoms with E-state index in [1.165, 1.54) is 23.1 Å². The van der Waals surface area contributed by atoms with E-state index in [1.807, 2.05) is 32.8 Å². The molecule has 0 saturated carbocycles. The Morgan fingerprint density at radius 3 is 2.65 bits per heavy atom. The summed E-state index contributed by atoms with van der Waals surface area (Å²) in [6.07, 6.45) is 0.723. The van der Waals surface area contributed by atoms with Gasteiger partial charge < -0.3 is 9.64 Å². The van der Waals surface area contributed by atoms with Gasteiger partial charge in [0.25, 0.3) is 0 Å². The number of carbonyl (C=O) groups is 1. The van der Waals surface area contributed by atoms with Crippen molar-refractivity contribution in [2.75, 3.05) is 25.6 Å². The Balaban J connectivity index is 2.63. The van der Waals surface area contributed by atoms with E-state index in [0.29, 0.717) is 6.61 Å². The number of thioether (sulfide) groups is 1. The molecule has 1 aromatic heterocycles. The molecule has 5 nitrogen and oxygen atoms in total. The first kappa shape index (κ1) is 14.2. The van der Waals surface area contributed by atoms with Crippen molar-refractivity contribution in [3.8, 4) is 0 Å². The molecule has 17 heavy (non-hydrogen) atoms. The van der Waals surface area contributed by atoms with Crippen LogP contribution in [-0.2, 0) is 9.53 Å². The number of carbonyl (C=O) groups excluding carboxylic acids is 1. The molecule has 1 atom stereocenters. The van der Waals surface area contributed by atoms with Crippen LogP contribution in [0.4, 0.5) is 5.13 Å². The lowest BCUT2D eigenvalue weighted by Crippen LogP contribution is -2.19. The second-order valence-electron chi connectivity index (χ2n) is 3.51. The van der Waals surface area contributed by atoms with Crippen molar-refractivity contribution in [1.82, 2.24) is 10.2 Å². The third-order valence-corrected chi connectivity index (χ3v) is 4.46. The molecule has 96 valence electrons. The molecular formula is C10H17N3O2S2. The number of ether oxygens (including phenoxy) is 1. The first-order valence-electron chi connectivity index (χ1n) is 5.42. The van der Waals surface area contributed by atoms with E-state index in [0.717, 1.165) is 15.9 Å². The van der Waals surface area contributed by atoms with Crippen molar-refractivity contribution in [3.05, 3.63) is 0 Å².